The number of para-hydroxylation sites is 1. The number of aromatic amines is 1. The third-order valence-corrected chi connectivity index (χ3v) is 2.23. The van der Waals surface area contributed by atoms with E-state index >= 15 is 0 Å². The Morgan fingerprint density at radius 2 is 2.06 bits per heavy atom. The van der Waals surface area contributed by atoms with Gasteiger partial charge in [0.2, 0.25) is 5.82 Å². The summed E-state index contributed by atoms with van der Waals surface area (Å²) in [6.07, 6.45) is 3.73. The molecule has 1 heterocycles. The Hall–Kier alpha value is -2.30. The molecule has 0 aliphatic rings. The van der Waals surface area contributed by atoms with Crippen LogP contribution in [0.2, 0.25) is 0 Å². The average Bonchev–Trinajstić information content (AvgIpc) is 2.93. The summed E-state index contributed by atoms with van der Waals surface area (Å²) in [5, 5.41) is 0. The van der Waals surface area contributed by atoms with Crippen LogP contribution in [0.3, 0.4) is 0 Å². The van der Waals surface area contributed by atoms with E-state index in [1.54, 1.807) is 6.20 Å². The van der Waals surface area contributed by atoms with Crippen molar-refractivity contribution in [2.24, 2.45) is 0 Å². The van der Waals surface area contributed by atoms with Gasteiger partial charge in [-0.3, -0.25) is 0 Å². The fourth-order valence-corrected chi connectivity index (χ4v) is 1.38. The summed E-state index contributed by atoms with van der Waals surface area (Å²) in [4.78, 5) is 17.9. The lowest BCUT2D eigenvalue weighted by Gasteiger charge is -2.06. The molecule has 5 heteroatoms. The molecule has 0 spiro atoms. The summed E-state index contributed by atoms with van der Waals surface area (Å²) in [5.74, 6) is 0.591. The Balaban J connectivity index is 1.61. The number of esters is 1. The zero-order valence-corrected chi connectivity index (χ0v) is 9.83. The summed E-state index contributed by atoms with van der Waals surface area (Å²) in [6.45, 7) is 0.821. The minimum atomic E-state index is -0.445. The molecule has 1 N–H and O–H groups in total. The van der Waals surface area contributed by atoms with Crippen molar-refractivity contribution in [3.63, 3.8) is 0 Å². The van der Waals surface area contributed by atoms with Crippen molar-refractivity contribution < 1.29 is 14.3 Å². The number of benzene rings is 1. The first-order chi connectivity index (χ1) is 8.86. The number of nitrogens with zero attached hydrogens (tertiary/aromatic N) is 1. The molecule has 0 radical (unpaired) electrons. The van der Waals surface area contributed by atoms with Gasteiger partial charge in [0.1, 0.15) is 5.75 Å². The molecule has 2 aromatic rings. The first-order valence-electron chi connectivity index (χ1n) is 5.70. The van der Waals surface area contributed by atoms with E-state index in [-0.39, 0.29) is 5.82 Å². The van der Waals surface area contributed by atoms with Gasteiger partial charge in [0, 0.05) is 18.8 Å². The Labute approximate surface area is 105 Å². The van der Waals surface area contributed by atoms with Crippen molar-refractivity contribution in [3.05, 3.63) is 48.5 Å². The lowest BCUT2D eigenvalue weighted by atomic mass is 10.3. The highest BCUT2D eigenvalue weighted by molar-refractivity contribution is 5.85. The van der Waals surface area contributed by atoms with Gasteiger partial charge in [-0.25, -0.2) is 9.78 Å². The van der Waals surface area contributed by atoms with E-state index in [4.69, 9.17) is 9.47 Å². The van der Waals surface area contributed by atoms with Crippen molar-refractivity contribution in [1.29, 1.82) is 0 Å². The molecule has 0 aliphatic carbocycles. The largest absolute Gasteiger partial charge is 0.493 e. The van der Waals surface area contributed by atoms with E-state index in [9.17, 15) is 4.79 Å². The summed E-state index contributed by atoms with van der Waals surface area (Å²) in [5.41, 5.74) is 0. The number of imidazole rings is 1. The van der Waals surface area contributed by atoms with Crippen LogP contribution in [-0.4, -0.2) is 29.2 Å². The monoisotopic (exact) mass is 246 g/mol. The van der Waals surface area contributed by atoms with Crippen molar-refractivity contribution >= 4 is 5.97 Å². The van der Waals surface area contributed by atoms with Crippen LogP contribution in [0.15, 0.2) is 42.7 Å². The number of nitrogens with one attached hydrogen (secondary N) is 1. The topological polar surface area (TPSA) is 64.2 Å². The fourth-order valence-electron chi connectivity index (χ4n) is 1.38. The number of hydrogen-bond acceptors (Lipinski definition) is 4. The van der Waals surface area contributed by atoms with Crippen molar-refractivity contribution in [2.75, 3.05) is 13.2 Å². The van der Waals surface area contributed by atoms with Crippen molar-refractivity contribution in [1.82, 2.24) is 9.97 Å². The Kier molecular flexibility index (Phi) is 4.35. The molecule has 2 rings (SSSR count). The van der Waals surface area contributed by atoms with Gasteiger partial charge in [0.05, 0.1) is 13.2 Å². The van der Waals surface area contributed by atoms with Crippen LogP contribution >= 0.6 is 0 Å². The minimum Gasteiger partial charge on any atom is -0.493 e. The van der Waals surface area contributed by atoms with Crippen LogP contribution in [0.5, 0.6) is 5.75 Å². The normalized spacial score (nSPS) is 10.0. The first kappa shape index (κ1) is 12.2. The number of aromatic nitrogens is 2. The molecule has 1 aromatic carbocycles. The van der Waals surface area contributed by atoms with Gasteiger partial charge >= 0.3 is 5.97 Å². The van der Waals surface area contributed by atoms with Crippen LogP contribution in [-0.2, 0) is 4.74 Å². The molecule has 18 heavy (non-hydrogen) atoms. The van der Waals surface area contributed by atoms with Crippen LogP contribution in [0.4, 0.5) is 0 Å². The third kappa shape index (κ3) is 3.62. The van der Waals surface area contributed by atoms with Gasteiger partial charge in [-0.05, 0) is 12.1 Å². The minimum absolute atomic E-state index is 0.221. The Morgan fingerprint density at radius 3 is 2.78 bits per heavy atom. The second-order valence-electron chi connectivity index (χ2n) is 3.59. The number of H-pyrrole nitrogens is 1. The van der Waals surface area contributed by atoms with E-state index in [2.05, 4.69) is 9.97 Å². The zero-order valence-electron chi connectivity index (χ0n) is 9.83. The quantitative estimate of drug-likeness (QED) is 0.625. The maximum atomic E-state index is 11.4. The van der Waals surface area contributed by atoms with Gasteiger partial charge < -0.3 is 14.5 Å². The van der Waals surface area contributed by atoms with E-state index in [0.29, 0.717) is 19.6 Å². The maximum Gasteiger partial charge on any atom is 0.374 e. The van der Waals surface area contributed by atoms with Gasteiger partial charge in [-0.2, -0.15) is 0 Å². The predicted molar refractivity (Wildman–Crippen MR) is 65.4 cm³/mol. The van der Waals surface area contributed by atoms with E-state index in [1.807, 2.05) is 30.3 Å². The number of ether oxygens (including phenoxy) is 2. The molecule has 0 aliphatic heterocycles. The first-order valence-corrected chi connectivity index (χ1v) is 5.70. The molecule has 1 aromatic heterocycles. The van der Waals surface area contributed by atoms with Gasteiger partial charge in [0.15, 0.2) is 0 Å². The van der Waals surface area contributed by atoms with Crippen LogP contribution in [0, 0.1) is 0 Å². The summed E-state index contributed by atoms with van der Waals surface area (Å²) in [7, 11) is 0. The maximum absolute atomic E-state index is 11.4. The van der Waals surface area contributed by atoms with E-state index in [0.717, 1.165) is 5.75 Å². The SMILES string of the molecule is O=C(OCCCOc1ccccc1)c1ncc[nH]1. The molecule has 0 unspecified atom stereocenters. The molecule has 0 amide bonds. The predicted octanol–water partition coefficient (Wildman–Crippen LogP) is 2.04. The Morgan fingerprint density at radius 1 is 1.22 bits per heavy atom. The second-order valence-corrected chi connectivity index (χ2v) is 3.59. The highest BCUT2D eigenvalue weighted by Gasteiger charge is 2.08. The number of hydrogen-bond donors (Lipinski definition) is 1. The molecule has 0 atom stereocenters. The summed E-state index contributed by atoms with van der Waals surface area (Å²) in [6, 6.07) is 9.51. The van der Waals surface area contributed by atoms with Crippen LogP contribution in [0.1, 0.15) is 17.0 Å². The zero-order chi connectivity index (χ0) is 12.6. The van der Waals surface area contributed by atoms with Crippen molar-refractivity contribution in [3.8, 4) is 5.75 Å². The molecule has 0 saturated carbocycles. The molecule has 0 saturated heterocycles. The lowest BCUT2D eigenvalue weighted by Crippen LogP contribution is -2.10. The molecular weight excluding hydrogens is 232 g/mol. The van der Waals surface area contributed by atoms with Gasteiger partial charge in [-0.1, -0.05) is 18.2 Å². The molecule has 0 fully saturated rings. The standard InChI is InChI=1S/C13H14N2O3/c16-13(12-14-7-8-15-12)18-10-4-9-17-11-5-2-1-3-6-11/h1-3,5-8H,4,9-10H2,(H,14,15). The van der Waals surface area contributed by atoms with Crippen molar-refractivity contribution in [2.45, 2.75) is 6.42 Å². The molecule has 0 bridgehead atoms. The second kappa shape index (κ2) is 6.44. The average molecular weight is 246 g/mol. The van der Waals surface area contributed by atoms with E-state index in [1.165, 1.54) is 6.20 Å². The number of carbonyl (C=O) groups excluding carboxylic acids is 1. The van der Waals surface area contributed by atoms with E-state index < -0.39 is 5.97 Å². The number of rotatable bonds is 6. The summed E-state index contributed by atoms with van der Waals surface area (Å²) >= 11 is 0. The molecular formula is C13H14N2O3. The van der Waals surface area contributed by atoms with Gasteiger partial charge in [-0.15, -0.1) is 0 Å². The van der Waals surface area contributed by atoms with Crippen LogP contribution in [0.25, 0.3) is 0 Å². The Bertz CT molecular complexity index is 468. The molecule has 94 valence electrons. The lowest BCUT2D eigenvalue weighted by molar-refractivity contribution is 0.0473. The molecule has 5 nitrogen and oxygen atoms in total. The fraction of sp³-hybridized carbons (Fsp3) is 0.231. The number of carbonyl (C=O) groups is 1. The third-order valence-electron chi connectivity index (χ3n) is 2.23. The van der Waals surface area contributed by atoms with Crippen LogP contribution < -0.4 is 4.74 Å². The highest BCUT2D eigenvalue weighted by atomic mass is 16.5. The smallest absolute Gasteiger partial charge is 0.374 e. The highest BCUT2D eigenvalue weighted by Crippen LogP contribution is 2.08. The summed E-state index contributed by atoms with van der Waals surface area (Å²) < 4.78 is 10.5. The van der Waals surface area contributed by atoms with Gasteiger partial charge in [0.25, 0.3) is 0 Å².